The molecule has 3 N–H and O–H groups in total. The first-order valence-electron chi connectivity index (χ1n) is 6.99. The molecule has 1 aliphatic rings. The van der Waals surface area contributed by atoms with Crippen LogP contribution in [0.2, 0.25) is 0 Å². The maximum absolute atomic E-state index is 11.7. The van der Waals surface area contributed by atoms with Gasteiger partial charge in [0.25, 0.3) is 0 Å². The number of amides is 1. The molecule has 0 bridgehead atoms. The second-order valence-electron chi connectivity index (χ2n) is 5.09. The van der Waals surface area contributed by atoms with Gasteiger partial charge in [-0.3, -0.25) is 4.79 Å². The zero-order valence-electron chi connectivity index (χ0n) is 11.1. The SMILES string of the molecule is O=C(CNC1CCCC1)NCC(O)c1ccccc1. The molecule has 1 saturated carbocycles. The van der Waals surface area contributed by atoms with Gasteiger partial charge < -0.3 is 15.7 Å². The molecule has 4 nitrogen and oxygen atoms in total. The van der Waals surface area contributed by atoms with Crippen LogP contribution in [0, 0.1) is 0 Å². The van der Waals surface area contributed by atoms with Crippen molar-refractivity contribution in [1.82, 2.24) is 10.6 Å². The molecule has 19 heavy (non-hydrogen) atoms. The van der Waals surface area contributed by atoms with E-state index in [2.05, 4.69) is 10.6 Å². The maximum Gasteiger partial charge on any atom is 0.234 e. The first-order chi connectivity index (χ1) is 9.25. The van der Waals surface area contributed by atoms with Crippen LogP contribution in [0.5, 0.6) is 0 Å². The highest BCUT2D eigenvalue weighted by molar-refractivity contribution is 5.78. The fraction of sp³-hybridized carbons (Fsp3) is 0.533. The molecule has 1 unspecified atom stereocenters. The number of hydrogen-bond acceptors (Lipinski definition) is 3. The summed E-state index contributed by atoms with van der Waals surface area (Å²) in [6.07, 6.45) is 4.20. The Balaban J connectivity index is 1.65. The third kappa shape index (κ3) is 4.65. The Hall–Kier alpha value is -1.39. The van der Waals surface area contributed by atoms with Crippen molar-refractivity contribution >= 4 is 5.91 Å². The van der Waals surface area contributed by atoms with Crippen LogP contribution in [0.25, 0.3) is 0 Å². The summed E-state index contributed by atoms with van der Waals surface area (Å²) in [4.78, 5) is 11.7. The fourth-order valence-corrected chi connectivity index (χ4v) is 2.43. The Morgan fingerprint density at radius 3 is 2.63 bits per heavy atom. The van der Waals surface area contributed by atoms with Crippen LogP contribution in [-0.2, 0) is 4.79 Å². The molecule has 1 amide bonds. The number of aliphatic hydroxyl groups excluding tert-OH is 1. The van der Waals surface area contributed by atoms with Gasteiger partial charge in [-0.15, -0.1) is 0 Å². The van der Waals surface area contributed by atoms with Gasteiger partial charge in [0.1, 0.15) is 0 Å². The number of nitrogens with one attached hydrogen (secondary N) is 2. The van der Waals surface area contributed by atoms with Gasteiger partial charge in [-0.1, -0.05) is 43.2 Å². The standard InChI is InChI=1S/C15H22N2O2/c18-14(12-6-2-1-3-7-12)10-17-15(19)11-16-13-8-4-5-9-13/h1-3,6-7,13-14,16,18H,4-5,8-11H2,(H,17,19). The number of carbonyl (C=O) groups excluding carboxylic acids is 1. The average molecular weight is 262 g/mol. The van der Waals surface area contributed by atoms with Gasteiger partial charge in [0, 0.05) is 12.6 Å². The van der Waals surface area contributed by atoms with Crippen molar-refractivity contribution in [3.63, 3.8) is 0 Å². The van der Waals surface area contributed by atoms with Crippen LogP contribution < -0.4 is 10.6 Å². The molecule has 1 atom stereocenters. The van der Waals surface area contributed by atoms with Crippen LogP contribution in [-0.4, -0.2) is 30.1 Å². The van der Waals surface area contributed by atoms with E-state index >= 15 is 0 Å². The van der Waals surface area contributed by atoms with Gasteiger partial charge >= 0.3 is 0 Å². The van der Waals surface area contributed by atoms with E-state index in [-0.39, 0.29) is 12.5 Å². The van der Waals surface area contributed by atoms with Gasteiger partial charge in [-0.25, -0.2) is 0 Å². The van der Waals surface area contributed by atoms with Gasteiger partial charge in [-0.05, 0) is 18.4 Å². The summed E-state index contributed by atoms with van der Waals surface area (Å²) >= 11 is 0. The lowest BCUT2D eigenvalue weighted by atomic mass is 10.1. The molecule has 0 aliphatic heterocycles. The Morgan fingerprint density at radius 2 is 1.95 bits per heavy atom. The smallest absolute Gasteiger partial charge is 0.234 e. The molecule has 0 heterocycles. The molecule has 4 heteroatoms. The molecule has 0 saturated heterocycles. The van der Waals surface area contributed by atoms with E-state index < -0.39 is 6.10 Å². The minimum atomic E-state index is -0.642. The van der Waals surface area contributed by atoms with Gasteiger partial charge in [0.2, 0.25) is 5.91 Å². The number of aliphatic hydroxyl groups is 1. The molecule has 1 fully saturated rings. The Labute approximate surface area is 114 Å². The predicted octanol–water partition coefficient (Wildman–Crippen LogP) is 1.37. The van der Waals surface area contributed by atoms with Crippen LogP contribution in [0.4, 0.5) is 0 Å². The molecule has 104 valence electrons. The van der Waals surface area contributed by atoms with E-state index in [4.69, 9.17) is 0 Å². The maximum atomic E-state index is 11.7. The normalized spacial score (nSPS) is 17.3. The summed E-state index contributed by atoms with van der Waals surface area (Å²) in [6, 6.07) is 9.86. The van der Waals surface area contributed by atoms with Crippen molar-refractivity contribution in [3.05, 3.63) is 35.9 Å². The van der Waals surface area contributed by atoms with Gasteiger partial charge in [0.05, 0.1) is 12.6 Å². The Kier molecular flexibility index (Phi) is 5.36. The highest BCUT2D eigenvalue weighted by atomic mass is 16.3. The number of rotatable bonds is 6. The van der Waals surface area contributed by atoms with Crippen LogP contribution in [0.3, 0.4) is 0 Å². The number of hydrogen-bond donors (Lipinski definition) is 3. The third-order valence-corrected chi connectivity index (χ3v) is 3.58. The van der Waals surface area contributed by atoms with Crippen LogP contribution in [0.15, 0.2) is 30.3 Å². The average Bonchev–Trinajstić information content (AvgIpc) is 2.96. The molecule has 0 radical (unpaired) electrons. The molecule has 0 aromatic heterocycles. The fourth-order valence-electron chi connectivity index (χ4n) is 2.43. The van der Waals surface area contributed by atoms with E-state index in [1.165, 1.54) is 25.7 Å². The highest BCUT2D eigenvalue weighted by Gasteiger charge is 2.15. The minimum absolute atomic E-state index is 0.0538. The zero-order valence-corrected chi connectivity index (χ0v) is 11.1. The van der Waals surface area contributed by atoms with Crippen molar-refractivity contribution in [2.24, 2.45) is 0 Å². The molecule has 2 rings (SSSR count). The number of carbonyl (C=O) groups is 1. The molecule has 1 aromatic rings. The molecule has 1 aliphatic carbocycles. The molecular weight excluding hydrogens is 240 g/mol. The number of benzene rings is 1. The summed E-state index contributed by atoms with van der Waals surface area (Å²) in [7, 11) is 0. The van der Waals surface area contributed by atoms with Crippen LogP contribution >= 0.6 is 0 Å². The third-order valence-electron chi connectivity index (χ3n) is 3.58. The second-order valence-corrected chi connectivity index (χ2v) is 5.09. The quantitative estimate of drug-likeness (QED) is 0.725. The van der Waals surface area contributed by atoms with Gasteiger partial charge in [-0.2, -0.15) is 0 Å². The van der Waals surface area contributed by atoms with Gasteiger partial charge in [0.15, 0.2) is 0 Å². The summed E-state index contributed by atoms with van der Waals surface area (Å²) in [5, 5.41) is 15.9. The van der Waals surface area contributed by atoms with Crippen LogP contribution in [0.1, 0.15) is 37.4 Å². The summed E-state index contributed by atoms with van der Waals surface area (Å²) in [5.41, 5.74) is 0.826. The van der Waals surface area contributed by atoms with Crippen molar-refractivity contribution in [2.45, 2.75) is 37.8 Å². The lowest BCUT2D eigenvalue weighted by Crippen LogP contribution is -2.39. The summed E-state index contributed by atoms with van der Waals surface area (Å²) < 4.78 is 0. The first-order valence-corrected chi connectivity index (χ1v) is 6.99. The lowest BCUT2D eigenvalue weighted by Gasteiger charge is -2.14. The van der Waals surface area contributed by atoms with Crippen molar-refractivity contribution < 1.29 is 9.90 Å². The van der Waals surface area contributed by atoms with E-state index in [0.29, 0.717) is 12.6 Å². The lowest BCUT2D eigenvalue weighted by molar-refractivity contribution is -0.120. The Bertz CT molecular complexity index is 388. The topological polar surface area (TPSA) is 61.4 Å². The van der Waals surface area contributed by atoms with E-state index in [9.17, 15) is 9.90 Å². The molecule has 0 spiro atoms. The molecular formula is C15H22N2O2. The summed E-state index contributed by atoms with van der Waals surface area (Å²) in [5.74, 6) is -0.0538. The summed E-state index contributed by atoms with van der Waals surface area (Å²) in [6.45, 7) is 0.599. The van der Waals surface area contributed by atoms with Crippen molar-refractivity contribution in [3.8, 4) is 0 Å². The minimum Gasteiger partial charge on any atom is -0.387 e. The van der Waals surface area contributed by atoms with Crippen molar-refractivity contribution in [2.75, 3.05) is 13.1 Å². The first kappa shape index (κ1) is 14.0. The second kappa shape index (κ2) is 7.26. The van der Waals surface area contributed by atoms with E-state index in [1.54, 1.807) is 0 Å². The molecule has 1 aromatic carbocycles. The highest BCUT2D eigenvalue weighted by Crippen LogP contribution is 2.17. The van der Waals surface area contributed by atoms with E-state index in [0.717, 1.165) is 5.56 Å². The Morgan fingerprint density at radius 1 is 1.26 bits per heavy atom. The predicted molar refractivity (Wildman–Crippen MR) is 74.7 cm³/mol. The van der Waals surface area contributed by atoms with Crippen molar-refractivity contribution in [1.29, 1.82) is 0 Å². The van der Waals surface area contributed by atoms with E-state index in [1.807, 2.05) is 30.3 Å². The zero-order chi connectivity index (χ0) is 13.5. The largest absolute Gasteiger partial charge is 0.387 e. The monoisotopic (exact) mass is 262 g/mol.